The van der Waals surface area contributed by atoms with Crippen molar-refractivity contribution in [3.8, 4) is 21.9 Å². The maximum Gasteiger partial charge on any atom is 0.231 e. The summed E-state index contributed by atoms with van der Waals surface area (Å²) in [5.74, 6) is 0.505. The van der Waals surface area contributed by atoms with Gasteiger partial charge in [0.25, 0.3) is 0 Å². The van der Waals surface area contributed by atoms with Crippen molar-refractivity contribution in [3.05, 3.63) is 48.2 Å². The maximum absolute atomic E-state index is 13.0. The predicted octanol–water partition coefficient (Wildman–Crippen LogP) is 4.95. The first kappa shape index (κ1) is 22.9. The lowest BCUT2D eigenvalue weighted by atomic mass is 9.96. The molecule has 0 aliphatic rings. The molecule has 0 spiro atoms. The average molecular weight is 460 g/mol. The van der Waals surface area contributed by atoms with Crippen molar-refractivity contribution in [3.63, 3.8) is 0 Å². The van der Waals surface area contributed by atoms with Crippen LogP contribution in [0.5, 0.6) is 11.5 Å². The Morgan fingerprint density at radius 3 is 2.48 bits per heavy atom. The first-order chi connectivity index (χ1) is 14.6. The fourth-order valence-corrected chi connectivity index (χ4v) is 4.64. The lowest BCUT2D eigenvalue weighted by Crippen LogP contribution is -2.27. The predicted molar refractivity (Wildman–Crippen MR) is 125 cm³/mol. The number of nitrogens with one attached hydrogen (secondary N) is 2. The number of phenols is 1. The van der Waals surface area contributed by atoms with Crippen molar-refractivity contribution in [1.29, 1.82) is 0 Å². The standard InChI is InChI=1S/C22H25N3O4S2/c1-13-19(30-21(23-13)24-20(27)22(2,3)4)14-6-11-17(29-5)18(12-14)31(28)25-15-7-9-16(26)10-8-15/h6-12,25-26H,1-5H3,(H,23,24,27). The van der Waals surface area contributed by atoms with Gasteiger partial charge in [0.05, 0.1) is 23.4 Å². The lowest BCUT2D eigenvalue weighted by Gasteiger charge is -2.16. The van der Waals surface area contributed by atoms with Gasteiger partial charge in [-0.15, -0.1) is 0 Å². The molecule has 31 heavy (non-hydrogen) atoms. The van der Waals surface area contributed by atoms with Gasteiger partial charge in [0.15, 0.2) is 10.9 Å². The third-order valence-corrected chi connectivity index (χ3v) is 6.66. The van der Waals surface area contributed by atoms with Crippen LogP contribution in [0, 0.1) is 12.3 Å². The van der Waals surface area contributed by atoms with Crippen molar-refractivity contribution in [2.45, 2.75) is 32.6 Å². The number of aromatic hydroxyl groups is 1. The number of thiazole rings is 1. The zero-order chi connectivity index (χ0) is 22.8. The van der Waals surface area contributed by atoms with Gasteiger partial charge in [-0.25, -0.2) is 9.71 Å². The molecule has 1 heterocycles. The minimum Gasteiger partial charge on any atom is -0.588 e. The van der Waals surface area contributed by atoms with Crippen LogP contribution in [0.2, 0.25) is 0 Å². The van der Waals surface area contributed by atoms with Crippen molar-refractivity contribution < 1.29 is 19.2 Å². The van der Waals surface area contributed by atoms with E-state index in [2.05, 4.69) is 15.0 Å². The second-order valence-corrected chi connectivity index (χ2v) is 10.1. The number of nitrogens with zero attached hydrogens (tertiary/aromatic N) is 1. The van der Waals surface area contributed by atoms with Gasteiger partial charge >= 0.3 is 0 Å². The quantitative estimate of drug-likeness (QED) is 0.356. The highest BCUT2D eigenvalue weighted by Gasteiger charge is 2.24. The Kier molecular flexibility index (Phi) is 6.78. The van der Waals surface area contributed by atoms with E-state index >= 15 is 0 Å². The van der Waals surface area contributed by atoms with Gasteiger partial charge in [0, 0.05) is 11.5 Å². The van der Waals surface area contributed by atoms with Gasteiger partial charge in [-0.1, -0.05) is 32.1 Å². The van der Waals surface area contributed by atoms with E-state index in [0.717, 1.165) is 16.1 Å². The summed E-state index contributed by atoms with van der Waals surface area (Å²) in [6.45, 7) is 7.40. The molecular weight excluding hydrogens is 434 g/mol. The number of phenolic OH excluding ortho intramolecular Hbond substituents is 1. The fourth-order valence-electron chi connectivity index (χ4n) is 2.66. The fraction of sp³-hybridized carbons (Fsp3) is 0.273. The summed E-state index contributed by atoms with van der Waals surface area (Å²) < 4.78 is 21.3. The SMILES string of the molecule is COc1ccc(-c2sc(NC(=O)C(C)(C)C)nc2C)cc1[S+]([O-])Nc1ccc(O)cc1. The van der Waals surface area contributed by atoms with E-state index < -0.39 is 16.8 Å². The highest BCUT2D eigenvalue weighted by atomic mass is 32.2. The molecule has 3 N–H and O–H groups in total. The Bertz CT molecular complexity index is 1080. The van der Waals surface area contributed by atoms with E-state index in [4.69, 9.17) is 4.74 Å². The number of hydrogen-bond acceptors (Lipinski definition) is 7. The Morgan fingerprint density at radius 2 is 1.87 bits per heavy atom. The molecular formula is C22H25N3O4S2. The number of hydrogen-bond donors (Lipinski definition) is 3. The summed E-state index contributed by atoms with van der Waals surface area (Å²) in [6.07, 6.45) is 0. The number of rotatable bonds is 6. The minimum absolute atomic E-state index is 0.109. The number of ether oxygens (including phenoxy) is 1. The number of carbonyl (C=O) groups is 1. The molecule has 1 atom stereocenters. The number of benzene rings is 2. The Morgan fingerprint density at radius 1 is 1.19 bits per heavy atom. The van der Waals surface area contributed by atoms with E-state index in [9.17, 15) is 14.5 Å². The lowest BCUT2D eigenvalue weighted by molar-refractivity contribution is -0.123. The molecule has 0 aliphatic carbocycles. The van der Waals surface area contributed by atoms with Crippen molar-refractivity contribution in [2.24, 2.45) is 5.41 Å². The third kappa shape index (κ3) is 5.49. The van der Waals surface area contributed by atoms with E-state index in [0.29, 0.717) is 21.5 Å². The summed E-state index contributed by atoms with van der Waals surface area (Å²) in [5.41, 5.74) is 1.67. The van der Waals surface area contributed by atoms with Gasteiger partial charge < -0.3 is 19.7 Å². The zero-order valence-corrected chi connectivity index (χ0v) is 19.6. The summed E-state index contributed by atoms with van der Waals surface area (Å²) >= 11 is -0.234. The van der Waals surface area contributed by atoms with E-state index in [-0.39, 0.29) is 11.7 Å². The van der Waals surface area contributed by atoms with E-state index in [1.165, 1.54) is 30.6 Å². The second-order valence-electron chi connectivity index (χ2n) is 7.92. The summed E-state index contributed by atoms with van der Waals surface area (Å²) in [4.78, 5) is 18.1. The largest absolute Gasteiger partial charge is 0.588 e. The third-order valence-electron chi connectivity index (χ3n) is 4.40. The number of methoxy groups -OCH3 is 1. The molecule has 7 nitrogen and oxygen atoms in total. The van der Waals surface area contributed by atoms with E-state index in [1.807, 2.05) is 33.8 Å². The number of anilines is 2. The van der Waals surface area contributed by atoms with Crippen molar-refractivity contribution >= 4 is 39.4 Å². The highest BCUT2D eigenvalue weighted by molar-refractivity contribution is 7.92. The zero-order valence-electron chi connectivity index (χ0n) is 18.0. The molecule has 0 radical (unpaired) electrons. The van der Waals surface area contributed by atoms with Gasteiger partial charge in [-0.2, -0.15) is 0 Å². The summed E-state index contributed by atoms with van der Waals surface area (Å²) in [7, 11) is 1.52. The molecule has 0 aliphatic heterocycles. The smallest absolute Gasteiger partial charge is 0.231 e. The molecule has 1 amide bonds. The number of carbonyl (C=O) groups excluding carboxylic acids is 1. The van der Waals surface area contributed by atoms with Crippen LogP contribution in [0.1, 0.15) is 26.5 Å². The van der Waals surface area contributed by atoms with E-state index in [1.54, 1.807) is 24.3 Å². The van der Waals surface area contributed by atoms with Crippen LogP contribution in [-0.2, 0) is 16.2 Å². The Hall–Kier alpha value is -2.75. The highest BCUT2D eigenvalue weighted by Crippen LogP contribution is 2.37. The van der Waals surface area contributed by atoms with Gasteiger partial charge in [0.1, 0.15) is 17.1 Å². The van der Waals surface area contributed by atoms with Crippen molar-refractivity contribution in [2.75, 3.05) is 17.1 Å². The molecule has 0 fully saturated rings. The molecule has 1 aromatic heterocycles. The first-order valence-corrected chi connectivity index (χ1v) is 11.5. The summed E-state index contributed by atoms with van der Waals surface area (Å²) in [5, 5.41) is 12.8. The van der Waals surface area contributed by atoms with Crippen LogP contribution in [-0.4, -0.2) is 27.7 Å². The Balaban J connectivity index is 1.89. The molecule has 3 rings (SSSR count). The van der Waals surface area contributed by atoms with Crippen molar-refractivity contribution in [1.82, 2.24) is 4.98 Å². The van der Waals surface area contributed by atoms with Crippen LogP contribution in [0.3, 0.4) is 0 Å². The molecule has 9 heteroatoms. The van der Waals surface area contributed by atoms with Gasteiger partial charge in [-0.3, -0.25) is 4.79 Å². The molecule has 0 saturated heterocycles. The van der Waals surface area contributed by atoms with Crippen LogP contribution < -0.4 is 14.8 Å². The monoisotopic (exact) mass is 459 g/mol. The maximum atomic E-state index is 13.0. The number of amides is 1. The average Bonchev–Trinajstić information content (AvgIpc) is 3.08. The molecule has 3 aromatic rings. The minimum atomic E-state index is -1.60. The molecule has 164 valence electrons. The molecule has 1 unspecified atom stereocenters. The summed E-state index contributed by atoms with van der Waals surface area (Å²) in [6, 6.07) is 11.7. The molecule has 2 aromatic carbocycles. The van der Waals surface area contributed by atoms with Crippen LogP contribution in [0.15, 0.2) is 47.4 Å². The number of aromatic nitrogens is 1. The number of aryl methyl sites for hydroxylation is 1. The first-order valence-electron chi connectivity index (χ1n) is 9.53. The van der Waals surface area contributed by atoms with Crippen LogP contribution in [0.25, 0.3) is 10.4 Å². The van der Waals surface area contributed by atoms with Crippen LogP contribution in [0.4, 0.5) is 10.8 Å². The van der Waals surface area contributed by atoms with Gasteiger partial charge in [-0.05, 0) is 48.9 Å². The van der Waals surface area contributed by atoms with Crippen LogP contribution >= 0.6 is 11.3 Å². The molecule has 0 saturated carbocycles. The molecule has 0 bridgehead atoms. The normalized spacial score (nSPS) is 12.3. The Labute approximate surface area is 188 Å². The van der Waals surface area contributed by atoms with Gasteiger partial charge in [0.2, 0.25) is 10.8 Å². The topological polar surface area (TPSA) is 107 Å². The second kappa shape index (κ2) is 9.17.